The average molecular weight is 280 g/mol. The lowest BCUT2D eigenvalue weighted by Crippen LogP contribution is -2.19. The molecule has 1 aromatic carbocycles. The van der Waals surface area contributed by atoms with Crippen LogP contribution in [-0.2, 0) is 19.4 Å². The molecule has 0 heterocycles. The van der Waals surface area contributed by atoms with Gasteiger partial charge in [0, 0.05) is 11.6 Å². The lowest BCUT2D eigenvalue weighted by atomic mass is 10.1. The van der Waals surface area contributed by atoms with Gasteiger partial charge in [-0.25, -0.2) is 19.4 Å². The minimum absolute atomic E-state index is 0.00213. The summed E-state index contributed by atoms with van der Waals surface area (Å²) in [6, 6.07) is 4.10. The normalized spacial score (nSPS) is 9.30. The number of hydrogen-bond acceptors (Lipinski definition) is 7. The molecule has 0 aliphatic rings. The van der Waals surface area contributed by atoms with E-state index in [1.807, 2.05) is 0 Å². The number of methoxy groups -OCH3 is 2. The van der Waals surface area contributed by atoms with Crippen LogP contribution in [0.15, 0.2) is 30.9 Å². The van der Waals surface area contributed by atoms with Crippen LogP contribution >= 0.6 is 0 Å². The largest absolute Gasteiger partial charge is 0.493 e. The van der Waals surface area contributed by atoms with Gasteiger partial charge in [0.15, 0.2) is 11.5 Å². The van der Waals surface area contributed by atoms with Crippen LogP contribution in [0, 0.1) is 0 Å². The van der Waals surface area contributed by atoms with Crippen LogP contribution in [0.5, 0.6) is 11.5 Å². The van der Waals surface area contributed by atoms with Gasteiger partial charge in [0.05, 0.1) is 14.2 Å². The highest BCUT2D eigenvalue weighted by Gasteiger charge is 2.22. The summed E-state index contributed by atoms with van der Waals surface area (Å²) in [4.78, 5) is 41.9. The zero-order valence-electron chi connectivity index (χ0n) is 10.9. The van der Waals surface area contributed by atoms with Crippen molar-refractivity contribution in [2.75, 3.05) is 14.2 Å². The van der Waals surface area contributed by atoms with Crippen molar-refractivity contribution in [3.05, 3.63) is 36.4 Å². The van der Waals surface area contributed by atoms with E-state index in [4.69, 9.17) is 9.47 Å². The minimum atomic E-state index is -1.34. The second-order valence-corrected chi connectivity index (χ2v) is 3.38. The zero-order chi connectivity index (χ0) is 15.1. The third-order valence-corrected chi connectivity index (χ3v) is 2.20. The number of ether oxygens (including phenoxy) is 2. The Morgan fingerprint density at radius 1 is 1.05 bits per heavy atom. The molecule has 0 bridgehead atoms. The molecule has 0 unspecified atom stereocenters. The maximum Gasteiger partial charge on any atom is 0.426 e. The second kappa shape index (κ2) is 6.93. The fourth-order valence-corrected chi connectivity index (χ4v) is 1.25. The van der Waals surface area contributed by atoms with Crippen molar-refractivity contribution >= 4 is 17.7 Å². The summed E-state index contributed by atoms with van der Waals surface area (Å²) in [5, 5.41) is 0. The van der Waals surface area contributed by atoms with Crippen molar-refractivity contribution in [3.63, 3.8) is 0 Å². The average Bonchev–Trinajstić information content (AvgIpc) is 2.50. The van der Waals surface area contributed by atoms with Crippen molar-refractivity contribution in [2.24, 2.45) is 0 Å². The number of hydrogen-bond donors (Lipinski definition) is 0. The van der Waals surface area contributed by atoms with Crippen LogP contribution < -0.4 is 9.47 Å². The summed E-state index contributed by atoms with van der Waals surface area (Å²) < 4.78 is 9.99. The molecule has 7 nitrogen and oxygen atoms in total. The van der Waals surface area contributed by atoms with Gasteiger partial charge in [-0.1, -0.05) is 6.58 Å². The molecular weight excluding hydrogens is 268 g/mol. The molecule has 0 aliphatic carbocycles. The van der Waals surface area contributed by atoms with E-state index >= 15 is 0 Å². The first-order chi connectivity index (χ1) is 9.53. The van der Waals surface area contributed by atoms with Crippen molar-refractivity contribution in [2.45, 2.75) is 0 Å². The topological polar surface area (TPSA) is 88.1 Å². The van der Waals surface area contributed by atoms with Gasteiger partial charge >= 0.3 is 11.9 Å². The molecule has 0 atom stereocenters. The van der Waals surface area contributed by atoms with Crippen LogP contribution in [0.2, 0.25) is 0 Å². The molecule has 106 valence electrons. The van der Waals surface area contributed by atoms with Gasteiger partial charge in [0.2, 0.25) is 0 Å². The van der Waals surface area contributed by atoms with Crippen LogP contribution in [0.1, 0.15) is 10.4 Å². The standard InChI is InChI=1S/C13H12O7/c1-4-11(14)19-20-13(16)12(15)8-5-6-9(17-2)10(7-8)18-3/h4-7H,1H2,2-3H3. The predicted octanol–water partition coefficient (Wildman–Crippen LogP) is 1.07. The highest BCUT2D eigenvalue weighted by atomic mass is 17.2. The molecule has 0 saturated heterocycles. The van der Waals surface area contributed by atoms with Gasteiger partial charge in [0.25, 0.3) is 5.78 Å². The maximum absolute atomic E-state index is 11.7. The number of carbonyl (C=O) groups is 3. The molecule has 1 rings (SSSR count). The van der Waals surface area contributed by atoms with Crippen molar-refractivity contribution in [1.29, 1.82) is 0 Å². The fraction of sp³-hybridized carbons (Fsp3) is 0.154. The molecule has 0 radical (unpaired) electrons. The molecule has 20 heavy (non-hydrogen) atoms. The summed E-state index contributed by atoms with van der Waals surface area (Å²) in [6.45, 7) is 3.10. The monoisotopic (exact) mass is 280 g/mol. The summed E-state index contributed by atoms with van der Waals surface area (Å²) in [5.74, 6) is -2.65. The molecule has 1 aromatic rings. The van der Waals surface area contributed by atoms with E-state index in [1.54, 1.807) is 0 Å². The van der Waals surface area contributed by atoms with Crippen molar-refractivity contribution in [3.8, 4) is 11.5 Å². The molecule has 0 saturated carbocycles. The van der Waals surface area contributed by atoms with E-state index in [-0.39, 0.29) is 11.3 Å². The van der Waals surface area contributed by atoms with Gasteiger partial charge in [0.1, 0.15) is 0 Å². The predicted molar refractivity (Wildman–Crippen MR) is 66.3 cm³/mol. The van der Waals surface area contributed by atoms with Crippen LogP contribution in [0.4, 0.5) is 0 Å². The first-order valence-electron chi connectivity index (χ1n) is 5.35. The summed E-state index contributed by atoms with van der Waals surface area (Å²) >= 11 is 0. The van der Waals surface area contributed by atoms with Crippen molar-refractivity contribution in [1.82, 2.24) is 0 Å². The second-order valence-electron chi connectivity index (χ2n) is 3.38. The molecule has 0 aromatic heterocycles. The van der Waals surface area contributed by atoms with E-state index in [0.29, 0.717) is 5.75 Å². The molecule has 0 amide bonds. The van der Waals surface area contributed by atoms with Crippen molar-refractivity contribution < 1.29 is 33.6 Å². The lowest BCUT2D eigenvalue weighted by molar-refractivity contribution is -0.249. The first kappa shape index (κ1) is 15.2. The summed E-state index contributed by atoms with van der Waals surface area (Å²) in [7, 11) is 2.82. The Kier molecular flexibility index (Phi) is 5.28. The smallest absolute Gasteiger partial charge is 0.426 e. The molecule has 0 spiro atoms. The summed E-state index contributed by atoms with van der Waals surface area (Å²) in [6.07, 6.45) is 0.786. The van der Waals surface area contributed by atoms with Crippen LogP contribution in [-0.4, -0.2) is 31.9 Å². The quantitative estimate of drug-likeness (QED) is 0.262. The SMILES string of the molecule is C=CC(=O)OOC(=O)C(=O)c1ccc(OC)c(OC)c1. The summed E-state index contributed by atoms with van der Waals surface area (Å²) in [5.41, 5.74) is 0.00213. The van der Waals surface area contributed by atoms with E-state index in [9.17, 15) is 14.4 Å². The van der Waals surface area contributed by atoms with E-state index in [0.717, 1.165) is 6.08 Å². The zero-order valence-corrected chi connectivity index (χ0v) is 10.9. The van der Waals surface area contributed by atoms with Crippen LogP contribution in [0.25, 0.3) is 0 Å². The Morgan fingerprint density at radius 3 is 2.25 bits per heavy atom. The number of ketones is 1. The third kappa shape index (κ3) is 3.58. The maximum atomic E-state index is 11.7. The highest BCUT2D eigenvalue weighted by Crippen LogP contribution is 2.27. The van der Waals surface area contributed by atoms with Crippen LogP contribution in [0.3, 0.4) is 0 Å². The van der Waals surface area contributed by atoms with Gasteiger partial charge < -0.3 is 9.47 Å². The van der Waals surface area contributed by atoms with Gasteiger partial charge in [-0.15, -0.1) is 0 Å². The van der Waals surface area contributed by atoms with Gasteiger partial charge in [-0.3, -0.25) is 4.79 Å². The molecule has 0 aliphatic heterocycles. The highest BCUT2D eigenvalue weighted by molar-refractivity contribution is 6.40. The molecular formula is C13H12O7. The van der Waals surface area contributed by atoms with E-state index < -0.39 is 17.7 Å². The Balaban J connectivity index is 2.84. The molecule has 7 heteroatoms. The lowest BCUT2D eigenvalue weighted by Gasteiger charge is -2.08. The van der Waals surface area contributed by atoms with E-state index in [2.05, 4.69) is 16.4 Å². The number of Topliss-reactive ketones (excluding diaryl/α,β-unsaturated/α-hetero) is 1. The Labute approximate surface area is 114 Å². The fourth-order valence-electron chi connectivity index (χ4n) is 1.25. The van der Waals surface area contributed by atoms with E-state index in [1.165, 1.54) is 32.4 Å². The number of rotatable bonds is 5. The Morgan fingerprint density at radius 2 is 1.70 bits per heavy atom. The van der Waals surface area contributed by atoms with Gasteiger partial charge in [-0.05, 0) is 18.2 Å². The third-order valence-electron chi connectivity index (χ3n) is 2.20. The number of benzene rings is 1. The molecule has 0 fully saturated rings. The van der Waals surface area contributed by atoms with Gasteiger partial charge in [-0.2, -0.15) is 0 Å². The Hall–Kier alpha value is -2.83. The first-order valence-corrected chi connectivity index (χ1v) is 5.35. The molecule has 0 N–H and O–H groups in total. The Bertz CT molecular complexity index is 548. The number of carbonyl (C=O) groups excluding carboxylic acids is 3. The minimum Gasteiger partial charge on any atom is -0.493 e.